The third-order valence-electron chi connectivity index (χ3n) is 5.63. The second kappa shape index (κ2) is 8.53. The molecule has 0 aliphatic carbocycles. The fourth-order valence-corrected chi connectivity index (χ4v) is 3.93. The lowest BCUT2D eigenvalue weighted by atomic mass is 10.0. The third kappa shape index (κ3) is 3.85. The molecule has 154 valence electrons. The number of rotatable bonds is 7. The molecular formula is C24H26N4O2. The van der Waals surface area contributed by atoms with E-state index in [4.69, 9.17) is 0 Å². The van der Waals surface area contributed by atoms with E-state index >= 15 is 0 Å². The minimum Gasteiger partial charge on any atom is -0.356 e. The van der Waals surface area contributed by atoms with Gasteiger partial charge < -0.3 is 9.88 Å². The Morgan fingerprint density at radius 2 is 1.80 bits per heavy atom. The van der Waals surface area contributed by atoms with Crippen LogP contribution in [0.5, 0.6) is 0 Å². The first-order valence-corrected chi connectivity index (χ1v) is 10.3. The van der Waals surface area contributed by atoms with Crippen LogP contribution in [0.4, 0.5) is 0 Å². The van der Waals surface area contributed by atoms with E-state index in [1.807, 2.05) is 47.0 Å². The fourth-order valence-electron chi connectivity index (χ4n) is 3.93. The first kappa shape index (κ1) is 19.9. The van der Waals surface area contributed by atoms with Crippen LogP contribution in [0.3, 0.4) is 0 Å². The van der Waals surface area contributed by atoms with Crippen molar-refractivity contribution in [2.45, 2.75) is 32.2 Å². The Bertz CT molecular complexity index is 1240. The number of aromatic nitrogens is 3. The Kier molecular flexibility index (Phi) is 5.65. The molecule has 0 aliphatic rings. The molecule has 1 atom stereocenters. The van der Waals surface area contributed by atoms with Crippen LogP contribution in [0.1, 0.15) is 31.2 Å². The van der Waals surface area contributed by atoms with E-state index in [1.165, 1.54) is 10.2 Å². The van der Waals surface area contributed by atoms with E-state index in [-0.39, 0.29) is 17.4 Å². The first-order chi connectivity index (χ1) is 14.6. The SMILES string of the molecule is C[C@@H](CNC(=O)CCCn1c2ccccc2c2cnn(C)c(=O)c21)c1ccccc1. The van der Waals surface area contributed by atoms with Crippen molar-refractivity contribution in [1.29, 1.82) is 0 Å². The normalized spacial score (nSPS) is 12.3. The van der Waals surface area contributed by atoms with E-state index in [9.17, 15) is 9.59 Å². The molecule has 1 N–H and O–H groups in total. The van der Waals surface area contributed by atoms with Crippen molar-refractivity contribution < 1.29 is 4.79 Å². The summed E-state index contributed by atoms with van der Waals surface area (Å²) in [6.07, 6.45) is 2.82. The Balaban J connectivity index is 1.44. The molecular weight excluding hydrogens is 376 g/mol. The number of para-hydroxylation sites is 1. The summed E-state index contributed by atoms with van der Waals surface area (Å²) in [4.78, 5) is 25.1. The minimum absolute atomic E-state index is 0.0353. The van der Waals surface area contributed by atoms with Gasteiger partial charge in [-0.25, -0.2) is 4.68 Å². The molecule has 4 rings (SSSR count). The second-order valence-electron chi connectivity index (χ2n) is 7.72. The molecule has 6 heteroatoms. The lowest BCUT2D eigenvalue weighted by molar-refractivity contribution is -0.121. The molecule has 2 heterocycles. The summed E-state index contributed by atoms with van der Waals surface area (Å²) in [5, 5.41) is 9.07. The molecule has 2 aromatic heterocycles. The number of hydrogen-bond donors (Lipinski definition) is 1. The van der Waals surface area contributed by atoms with Gasteiger partial charge in [0.05, 0.1) is 6.20 Å². The fraction of sp³-hybridized carbons (Fsp3) is 0.292. The molecule has 0 radical (unpaired) electrons. The second-order valence-corrected chi connectivity index (χ2v) is 7.72. The van der Waals surface area contributed by atoms with Gasteiger partial charge in [-0.15, -0.1) is 0 Å². The molecule has 0 unspecified atom stereocenters. The maximum atomic E-state index is 12.7. The van der Waals surface area contributed by atoms with E-state index in [0.717, 1.165) is 16.3 Å². The zero-order valence-electron chi connectivity index (χ0n) is 17.3. The van der Waals surface area contributed by atoms with Gasteiger partial charge in [0, 0.05) is 42.8 Å². The van der Waals surface area contributed by atoms with Crippen molar-refractivity contribution in [1.82, 2.24) is 19.7 Å². The van der Waals surface area contributed by atoms with Crippen molar-refractivity contribution >= 4 is 27.7 Å². The van der Waals surface area contributed by atoms with Gasteiger partial charge in [0.25, 0.3) is 5.56 Å². The Hall–Kier alpha value is -3.41. The molecule has 0 bridgehead atoms. The maximum Gasteiger partial charge on any atom is 0.291 e. The molecule has 2 aromatic carbocycles. The van der Waals surface area contributed by atoms with Crippen molar-refractivity contribution in [2.75, 3.05) is 6.54 Å². The lowest BCUT2D eigenvalue weighted by Gasteiger charge is -2.13. The summed E-state index contributed by atoms with van der Waals surface area (Å²) in [6.45, 7) is 3.33. The topological polar surface area (TPSA) is 68.9 Å². The zero-order chi connectivity index (χ0) is 21.1. The Morgan fingerprint density at radius 1 is 1.07 bits per heavy atom. The standard InChI is InChI=1S/C24H26N4O2/c1-17(18-9-4-3-5-10-18)15-25-22(29)13-8-14-28-21-12-7-6-11-19(21)20-16-26-27(2)24(30)23(20)28/h3-7,9-12,16-17H,8,13-15H2,1-2H3,(H,25,29)/t17-/m0/s1. The predicted octanol–water partition coefficient (Wildman–Crippen LogP) is 3.59. The van der Waals surface area contributed by atoms with Crippen LogP contribution in [0.15, 0.2) is 65.6 Å². The van der Waals surface area contributed by atoms with Gasteiger partial charge in [-0.2, -0.15) is 5.10 Å². The smallest absolute Gasteiger partial charge is 0.291 e. The number of carbonyl (C=O) groups is 1. The monoisotopic (exact) mass is 402 g/mol. The molecule has 6 nitrogen and oxygen atoms in total. The van der Waals surface area contributed by atoms with Crippen molar-refractivity contribution in [3.8, 4) is 0 Å². The van der Waals surface area contributed by atoms with Crippen LogP contribution in [0.2, 0.25) is 0 Å². The quantitative estimate of drug-likeness (QED) is 0.514. The zero-order valence-corrected chi connectivity index (χ0v) is 17.3. The number of nitrogens with zero attached hydrogens (tertiary/aromatic N) is 3. The highest BCUT2D eigenvalue weighted by Crippen LogP contribution is 2.26. The number of amides is 1. The molecule has 0 spiro atoms. The maximum absolute atomic E-state index is 12.7. The summed E-state index contributed by atoms with van der Waals surface area (Å²) in [5.41, 5.74) is 2.74. The largest absolute Gasteiger partial charge is 0.356 e. The first-order valence-electron chi connectivity index (χ1n) is 10.3. The van der Waals surface area contributed by atoms with Crippen molar-refractivity contribution in [2.24, 2.45) is 7.05 Å². The summed E-state index contributed by atoms with van der Waals surface area (Å²) in [5.74, 6) is 0.302. The van der Waals surface area contributed by atoms with Gasteiger partial charge in [-0.3, -0.25) is 9.59 Å². The number of carbonyl (C=O) groups excluding carboxylic acids is 1. The van der Waals surface area contributed by atoms with Crippen LogP contribution < -0.4 is 10.9 Å². The molecule has 1 amide bonds. The van der Waals surface area contributed by atoms with E-state index in [2.05, 4.69) is 29.5 Å². The molecule has 0 fully saturated rings. The summed E-state index contributed by atoms with van der Waals surface area (Å²) in [7, 11) is 1.66. The lowest BCUT2D eigenvalue weighted by Crippen LogP contribution is -2.27. The van der Waals surface area contributed by atoms with Gasteiger partial charge >= 0.3 is 0 Å². The van der Waals surface area contributed by atoms with E-state index < -0.39 is 0 Å². The number of hydrogen-bond acceptors (Lipinski definition) is 3. The van der Waals surface area contributed by atoms with Gasteiger partial charge in [-0.1, -0.05) is 55.5 Å². The van der Waals surface area contributed by atoms with Crippen molar-refractivity contribution in [3.63, 3.8) is 0 Å². The Morgan fingerprint density at radius 3 is 2.60 bits per heavy atom. The van der Waals surface area contributed by atoms with Crippen LogP contribution in [-0.4, -0.2) is 26.8 Å². The number of nitrogens with one attached hydrogen (secondary N) is 1. The molecule has 30 heavy (non-hydrogen) atoms. The number of fused-ring (bicyclic) bond motifs is 3. The van der Waals surface area contributed by atoms with Gasteiger partial charge in [0.15, 0.2) is 0 Å². The molecule has 4 aromatic rings. The van der Waals surface area contributed by atoms with Crippen LogP contribution in [0, 0.1) is 0 Å². The van der Waals surface area contributed by atoms with E-state index in [0.29, 0.717) is 31.4 Å². The van der Waals surface area contributed by atoms with Gasteiger partial charge in [0.1, 0.15) is 5.52 Å². The predicted molar refractivity (Wildman–Crippen MR) is 120 cm³/mol. The van der Waals surface area contributed by atoms with Gasteiger partial charge in [0.2, 0.25) is 5.91 Å². The Labute approximate surface area is 175 Å². The molecule has 0 saturated carbocycles. The highest BCUT2D eigenvalue weighted by atomic mass is 16.1. The number of benzene rings is 2. The molecule has 0 aliphatic heterocycles. The number of aryl methyl sites for hydroxylation is 2. The van der Waals surface area contributed by atoms with Crippen LogP contribution in [-0.2, 0) is 18.4 Å². The average Bonchev–Trinajstić information content (AvgIpc) is 3.09. The van der Waals surface area contributed by atoms with Crippen LogP contribution in [0.25, 0.3) is 21.8 Å². The summed E-state index contributed by atoms with van der Waals surface area (Å²) in [6, 6.07) is 18.1. The summed E-state index contributed by atoms with van der Waals surface area (Å²) >= 11 is 0. The van der Waals surface area contributed by atoms with Crippen LogP contribution >= 0.6 is 0 Å². The highest BCUT2D eigenvalue weighted by molar-refractivity contribution is 6.07. The van der Waals surface area contributed by atoms with E-state index in [1.54, 1.807) is 13.2 Å². The third-order valence-corrected chi connectivity index (χ3v) is 5.63. The van der Waals surface area contributed by atoms with Gasteiger partial charge in [-0.05, 0) is 24.0 Å². The molecule has 0 saturated heterocycles. The van der Waals surface area contributed by atoms with Crippen molar-refractivity contribution in [3.05, 3.63) is 76.7 Å². The highest BCUT2D eigenvalue weighted by Gasteiger charge is 2.15. The summed E-state index contributed by atoms with van der Waals surface area (Å²) < 4.78 is 3.38. The average molecular weight is 402 g/mol. The minimum atomic E-state index is -0.121.